The van der Waals surface area contributed by atoms with Gasteiger partial charge in [-0.15, -0.1) is 0 Å². The Morgan fingerprint density at radius 3 is 2.23 bits per heavy atom. The minimum Gasteiger partial charge on any atom is -0.445 e. The van der Waals surface area contributed by atoms with E-state index in [1.165, 1.54) is 5.01 Å². The second-order valence-electron chi connectivity index (χ2n) is 10.3. The number of hydrogen-bond donors (Lipinski definition) is 3. The number of ketones is 1. The number of nitrogens with one attached hydrogen (secondary N) is 3. The molecule has 0 bridgehead atoms. The van der Waals surface area contributed by atoms with E-state index in [1.54, 1.807) is 24.5 Å². The lowest BCUT2D eigenvalue weighted by Gasteiger charge is -2.25. The van der Waals surface area contributed by atoms with Gasteiger partial charge in [-0.25, -0.2) is 14.6 Å². The van der Waals surface area contributed by atoms with Crippen LogP contribution in [-0.4, -0.2) is 52.2 Å². The first-order valence-corrected chi connectivity index (χ1v) is 13.1. The van der Waals surface area contributed by atoms with E-state index in [0.717, 1.165) is 11.1 Å². The summed E-state index contributed by atoms with van der Waals surface area (Å²) < 4.78 is 10.6. The van der Waals surface area contributed by atoms with E-state index < -0.39 is 42.2 Å². The Bertz CT molecular complexity index is 1110. The van der Waals surface area contributed by atoms with Gasteiger partial charge >= 0.3 is 12.2 Å². The van der Waals surface area contributed by atoms with Crippen molar-refractivity contribution in [3.8, 4) is 0 Å². The van der Waals surface area contributed by atoms with Gasteiger partial charge in [0.2, 0.25) is 17.9 Å². The number of ether oxygens (including phenoxy) is 2. The van der Waals surface area contributed by atoms with Crippen LogP contribution in [0.5, 0.6) is 0 Å². The van der Waals surface area contributed by atoms with Crippen molar-refractivity contribution in [1.82, 2.24) is 26.1 Å². The van der Waals surface area contributed by atoms with Gasteiger partial charge in [0.15, 0.2) is 0 Å². The molecule has 2 heterocycles. The number of Topliss-reactive ketones (excluding diaryl/α,β-unsaturated/α-hetero) is 1. The number of benzene rings is 1. The molecule has 0 radical (unpaired) electrons. The molecular formula is C28H37N5O6. The van der Waals surface area contributed by atoms with E-state index in [4.69, 9.17) is 9.47 Å². The zero-order valence-electron chi connectivity index (χ0n) is 22.8. The van der Waals surface area contributed by atoms with Crippen LogP contribution < -0.4 is 16.1 Å². The van der Waals surface area contributed by atoms with Crippen molar-refractivity contribution < 1.29 is 28.7 Å². The van der Waals surface area contributed by atoms with E-state index >= 15 is 0 Å². The van der Waals surface area contributed by atoms with Crippen LogP contribution in [0.25, 0.3) is 0 Å². The molecule has 210 valence electrons. The highest BCUT2D eigenvalue weighted by Gasteiger charge is 2.40. The molecule has 1 saturated heterocycles. The summed E-state index contributed by atoms with van der Waals surface area (Å²) in [6.45, 7) is 7.92. The molecular weight excluding hydrogens is 502 g/mol. The molecule has 2 aromatic rings. The van der Waals surface area contributed by atoms with Crippen LogP contribution in [0.3, 0.4) is 0 Å². The molecule has 3 amide bonds. The lowest BCUT2D eigenvalue weighted by atomic mass is 9.97. The fourth-order valence-electron chi connectivity index (χ4n) is 4.07. The Morgan fingerprint density at radius 2 is 1.59 bits per heavy atom. The Kier molecular flexibility index (Phi) is 10.8. The van der Waals surface area contributed by atoms with Crippen LogP contribution >= 0.6 is 0 Å². The number of aromatic nitrogens is 1. The molecule has 3 atom stereocenters. The van der Waals surface area contributed by atoms with Crippen molar-refractivity contribution in [1.29, 1.82) is 0 Å². The van der Waals surface area contributed by atoms with E-state index in [1.807, 2.05) is 58.0 Å². The third-order valence-electron chi connectivity index (χ3n) is 5.96. The highest BCUT2D eigenvalue weighted by atomic mass is 16.6. The maximum atomic E-state index is 13.4. The molecule has 1 unspecified atom stereocenters. The van der Waals surface area contributed by atoms with Crippen molar-refractivity contribution in [3.05, 3.63) is 66.0 Å². The Balaban J connectivity index is 1.63. The first-order chi connectivity index (χ1) is 18.6. The van der Waals surface area contributed by atoms with E-state index in [0.29, 0.717) is 12.8 Å². The number of carbonyl (C=O) groups excluding carboxylic acids is 4. The van der Waals surface area contributed by atoms with E-state index in [2.05, 4.69) is 21.0 Å². The third kappa shape index (κ3) is 9.36. The average Bonchev–Trinajstić information content (AvgIpc) is 3.26. The Hall–Kier alpha value is -3.99. The van der Waals surface area contributed by atoms with Gasteiger partial charge in [-0.1, -0.05) is 58.0 Å². The Morgan fingerprint density at radius 1 is 0.949 bits per heavy atom. The highest BCUT2D eigenvalue weighted by molar-refractivity contribution is 5.95. The van der Waals surface area contributed by atoms with Crippen LogP contribution in [0, 0.1) is 11.8 Å². The molecule has 1 aliphatic rings. The monoisotopic (exact) mass is 539 g/mol. The molecule has 11 heteroatoms. The first kappa shape index (κ1) is 29.6. The van der Waals surface area contributed by atoms with E-state index in [9.17, 15) is 19.2 Å². The maximum absolute atomic E-state index is 13.4. The number of cyclic esters (lactones) is 1. The summed E-state index contributed by atoms with van der Waals surface area (Å²) in [5.74, 6) is -0.875. The molecule has 11 nitrogen and oxygen atoms in total. The lowest BCUT2D eigenvalue weighted by molar-refractivity contribution is -0.134. The highest BCUT2D eigenvalue weighted by Crippen LogP contribution is 2.16. The predicted molar refractivity (Wildman–Crippen MR) is 143 cm³/mol. The number of carbonyl (C=O) groups is 4. The van der Waals surface area contributed by atoms with Gasteiger partial charge in [0.25, 0.3) is 0 Å². The second kappa shape index (κ2) is 14.2. The van der Waals surface area contributed by atoms with Gasteiger partial charge < -0.3 is 20.1 Å². The normalized spacial score (nSPS) is 16.5. The number of rotatable bonds is 13. The van der Waals surface area contributed by atoms with Crippen LogP contribution in [-0.2, 0) is 32.2 Å². The van der Waals surface area contributed by atoms with Crippen LogP contribution in [0.2, 0.25) is 0 Å². The molecule has 0 saturated carbocycles. The molecule has 1 aromatic heterocycles. The van der Waals surface area contributed by atoms with Crippen molar-refractivity contribution in [2.24, 2.45) is 11.8 Å². The number of amides is 3. The average molecular weight is 540 g/mol. The molecule has 0 aliphatic carbocycles. The zero-order valence-corrected chi connectivity index (χ0v) is 22.8. The van der Waals surface area contributed by atoms with Crippen molar-refractivity contribution in [3.63, 3.8) is 0 Å². The van der Waals surface area contributed by atoms with Crippen molar-refractivity contribution in [2.45, 2.75) is 72.0 Å². The molecule has 1 fully saturated rings. The fourth-order valence-corrected chi connectivity index (χ4v) is 4.07. The fraction of sp³-hybridized carbons (Fsp3) is 0.464. The number of nitrogens with zero attached hydrogens (tertiary/aromatic N) is 2. The molecule has 39 heavy (non-hydrogen) atoms. The van der Waals surface area contributed by atoms with Crippen LogP contribution in [0.1, 0.15) is 51.7 Å². The van der Waals surface area contributed by atoms with Crippen molar-refractivity contribution >= 4 is 23.9 Å². The molecule has 1 aliphatic heterocycles. The van der Waals surface area contributed by atoms with Gasteiger partial charge in [0.1, 0.15) is 12.6 Å². The number of hydrazine groups is 1. The summed E-state index contributed by atoms with van der Waals surface area (Å²) in [4.78, 5) is 55.5. The smallest absolute Gasteiger partial charge is 0.426 e. The maximum Gasteiger partial charge on any atom is 0.426 e. The third-order valence-corrected chi connectivity index (χ3v) is 5.96. The van der Waals surface area contributed by atoms with Gasteiger partial charge in [-0.2, -0.15) is 5.43 Å². The van der Waals surface area contributed by atoms with Crippen LogP contribution in [0.4, 0.5) is 9.59 Å². The topological polar surface area (TPSA) is 139 Å². The minimum absolute atomic E-state index is 0.0524. The largest absolute Gasteiger partial charge is 0.445 e. The summed E-state index contributed by atoms with van der Waals surface area (Å²) in [5.41, 5.74) is 4.41. The zero-order chi connectivity index (χ0) is 28.4. The molecule has 1 aromatic carbocycles. The van der Waals surface area contributed by atoms with Gasteiger partial charge in [0, 0.05) is 12.4 Å². The summed E-state index contributed by atoms with van der Waals surface area (Å²) in [7, 11) is 0. The summed E-state index contributed by atoms with van der Waals surface area (Å²) in [6, 6.07) is 10.8. The summed E-state index contributed by atoms with van der Waals surface area (Å²) in [6.07, 6.45) is 1.18. The first-order valence-electron chi connectivity index (χ1n) is 13.1. The molecule has 3 rings (SSSR count). The van der Waals surface area contributed by atoms with Crippen molar-refractivity contribution in [2.75, 3.05) is 0 Å². The minimum atomic E-state index is -1.25. The SMILES string of the molecule is CC(C)C[C@H](NC(=O)OCc1ccccc1)C(=O)N[C@@H](CC(C)C)C(=O)C1NN(Cc2ccncc2)C(=O)O1. The Labute approximate surface area is 228 Å². The lowest BCUT2D eigenvalue weighted by Crippen LogP contribution is -2.55. The number of hydrogen-bond acceptors (Lipinski definition) is 8. The van der Waals surface area contributed by atoms with Gasteiger partial charge in [0.05, 0.1) is 12.6 Å². The summed E-state index contributed by atoms with van der Waals surface area (Å²) >= 11 is 0. The quantitative estimate of drug-likeness (QED) is 0.352. The number of pyridine rings is 1. The van der Waals surface area contributed by atoms with Gasteiger partial charge in [-0.3, -0.25) is 14.6 Å². The van der Waals surface area contributed by atoms with Crippen LogP contribution in [0.15, 0.2) is 54.9 Å². The summed E-state index contributed by atoms with van der Waals surface area (Å²) in [5, 5.41) is 6.61. The van der Waals surface area contributed by atoms with Gasteiger partial charge in [-0.05, 0) is 47.9 Å². The molecule has 0 spiro atoms. The second-order valence-corrected chi connectivity index (χ2v) is 10.3. The van der Waals surface area contributed by atoms with E-state index in [-0.39, 0.29) is 25.0 Å². The standard InChI is InChI=1S/C28H37N5O6/c1-18(2)14-22(24(34)26-32-33(28(37)39-26)16-20-10-12-29-13-11-20)30-25(35)23(15-19(3)4)31-27(36)38-17-21-8-6-5-7-9-21/h5-13,18-19,22-23,26,32H,14-17H2,1-4H3,(H,30,35)(H,31,36)/t22-,23-,26?/m0/s1. The molecule has 3 N–H and O–H groups in total. The number of alkyl carbamates (subject to hydrolysis) is 1. The predicted octanol–water partition coefficient (Wildman–Crippen LogP) is 3.31.